The van der Waals surface area contributed by atoms with E-state index in [1.165, 1.54) is 16.8 Å². The molecule has 0 radical (unpaired) electrons. The van der Waals surface area contributed by atoms with Crippen LogP contribution in [0.4, 0.5) is 5.69 Å². The van der Waals surface area contributed by atoms with Crippen LogP contribution >= 0.6 is 0 Å². The lowest BCUT2D eigenvalue weighted by molar-refractivity contribution is -0.127. The van der Waals surface area contributed by atoms with E-state index < -0.39 is 6.04 Å². The number of hydrogen-bond acceptors (Lipinski definition) is 8. The monoisotopic (exact) mass is 510 g/mol. The first-order chi connectivity index (χ1) is 17.9. The first-order valence-corrected chi connectivity index (χ1v) is 12.6. The Morgan fingerprint density at radius 3 is 2.62 bits per heavy atom. The highest BCUT2D eigenvalue weighted by Crippen LogP contribution is 2.35. The summed E-state index contributed by atoms with van der Waals surface area (Å²) in [6.07, 6.45) is 5.25. The van der Waals surface area contributed by atoms with Gasteiger partial charge in [0.1, 0.15) is 29.8 Å². The Balaban J connectivity index is 1.66. The van der Waals surface area contributed by atoms with Crippen molar-refractivity contribution in [3.63, 3.8) is 0 Å². The van der Waals surface area contributed by atoms with Gasteiger partial charge >= 0.3 is 0 Å². The molecule has 0 unspecified atom stereocenters. The van der Waals surface area contributed by atoms with E-state index in [9.17, 15) is 9.59 Å². The summed E-state index contributed by atoms with van der Waals surface area (Å²) < 4.78 is 16.5. The number of aromatic nitrogens is 4. The second-order valence-corrected chi connectivity index (χ2v) is 9.15. The molecule has 1 aliphatic carbocycles. The average Bonchev–Trinajstić information content (AvgIpc) is 3.66. The molecule has 11 heteroatoms. The molecule has 198 valence electrons. The van der Waals surface area contributed by atoms with Gasteiger partial charge in [0.15, 0.2) is 5.76 Å². The Labute approximate surface area is 216 Å². The van der Waals surface area contributed by atoms with E-state index in [0.29, 0.717) is 35.8 Å². The van der Waals surface area contributed by atoms with E-state index in [-0.39, 0.29) is 30.2 Å². The number of nitrogens with one attached hydrogen (secondary N) is 1. The molecule has 4 rings (SSSR count). The van der Waals surface area contributed by atoms with Gasteiger partial charge in [-0.05, 0) is 55.7 Å². The van der Waals surface area contributed by atoms with E-state index in [2.05, 4.69) is 20.7 Å². The fourth-order valence-corrected chi connectivity index (χ4v) is 4.64. The number of benzene rings is 1. The second kappa shape index (κ2) is 11.9. The predicted octanol–water partition coefficient (Wildman–Crippen LogP) is 3.52. The standard InChI is InChI=1S/C26H34N6O5/c1-5-8-21(26(34)27-18-9-6-7-10-18)32(20-13-12-19(35-3)15-23(20)36-4)24(33)16-31-29-25(28-30-31)22-14-11-17(2)37-22/h11-15,18,21H,5-10,16H2,1-4H3,(H,27,34)/t21-/m0/s1. The minimum atomic E-state index is -0.740. The number of rotatable bonds is 11. The molecule has 0 aliphatic heterocycles. The Kier molecular flexibility index (Phi) is 8.42. The summed E-state index contributed by atoms with van der Waals surface area (Å²) in [6, 6.07) is 8.09. The van der Waals surface area contributed by atoms with Crippen molar-refractivity contribution in [1.29, 1.82) is 0 Å². The summed E-state index contributed by atoms with van der Waals surface area (Å²) in [7, 11) is 3.08. The van der Waals surface area contributed by atoms with Crippen molar-refractivity contribution in [2.45, 2.75) is 71.0 Å². The van der Waals surface area contributed by atoms with Gasteiger partial charge < -0.3 is 19.2 Å². The smallest absolute Gasteiger partial charge is 0.251 e. The molecule has 1 aliphatic rings. The number of methoxy groups -OCH3 is 2. The van der Waals surface area contributed by atoms with Gasteiger partial charge in [-0.15, -0.1) is 10.2 Å². The second-order valence-electron chi connectivity index (χ2n) is 9.15. The normalized spacial score (nSPS) is 14.4. The van der Waals surface area contributed by atoms with Crippen LogP contribution in [0, 0.1) is 6.92 Å². The fraction of sp³-hybridized carbons (Fsp3) is 0.500. The van der Waals surface area contributed by atoms with Crippen molar-refractivity contribution < 1.29 is 23.5 Å². The molecule has 1 N–H and O–H groups in total. The van der Waals surface area contributed by atoms with E-state index in [1.807, 2.05) is 13.8 Å². The van der Waals surface area contributed by atoms with Crippen molar-refractivity contribution in [3.05, 3.63) is 36.1 Å². The van der Waals surface area contributed by atoms with Crippen molar-refractivity contribution in [2.24, 2.45) is 0 Å². The lowest BCUT2D eigenvalue weighted by Gasteiger charge is -2.32. The summed E-state index contributed by atoms with van der Waals surface area (Å²) >= 11 is 0. The van der Waals surface area contributed by atoms with Crippen LogP contribution < -0.4 is 19.7 Å². The van der Waals surface area contributed by atoms with E-state index in [4.69, 9.17) is 13.9 Å². The predicted molar refractivity (Wildman–Crippen MR) is 136 cm³/mol. The highest BCUT2D eigenvalue weighted by atomic mass is 16.5. The molecule has 0 saturated heterocycles. The van der Waals surface area contributed by atoms with Crippen LogP contribution in [0.25, 0.3) is 11.6 Å². The Hall–Kier alpha value is -3.89. The molecule has 1 fully saturated rings. The van der Waals surface area contributed by atoms with E-state index >= 15 is 0 Å². The molecule has 3 aromatic rings. The third-order valence-electron chi connectivity index (χ3n) is 6.48. The van der Waals surface area contributed by atoms with Crippen LogP contribution in [0.3, 0.4) is 0 Å². The number of amides is 2. The molecule has 0 bridgehead atoms. The van der Waals surface area contributed by atoms with Crippen LogP contribution in [-0.2, 0) is 16.1 Å². The third-order valence-corrected chi connectivity index (χ3v) is 6.48. The van der Waals surface area contributed by atoms with Crippen molar-refractivity contribution in [1.82, 2.24) is 25.5 Å². The number of carbonyl (C=O) groups excluding carboxylic acids is 2. The van der Waals surface area contributed by atoms with Crippen molar-refractivity contribution >= 4 is 17.5 Å². The molecule has 37 heavy (non-hydrogen) atoms. The minimum absolute atomic E-state index is 0.123. The number of aryl methyl sites for hydroxylation is 1. The molecular formula is C26H34N6O5. The van der Waals surface area contributed by atoms with E-state index in [0.717, 1.165) is 31.4 Å². The van der Waals surface area contributed by atoms with Gasteiger partial charge in [0.25, 0.3) is 5.91 Å². The average molecular weight is 511 g/mol. The van der Waals surface area contributed by atoms with Gasteiger partial charge in [-0.2, -0.15) is 4.80 Å². The SMILES string of the molecule is CCC[C@@H](C(=O)NC1CCCC1)N(C(=O)Cn1nnc(-c2ccc(C)o2)n1)c1ccc(OC)cc1OC. The van der Waals surface area contributed by atoms with Crippen LogP contribution in [0.5, 0.6) is 11.5 Å². The highest BCUT2D eigenvalue weighted by molar-refractivity contribution is 6.01. The number of hydrogen-bond donors (Lipinski definition) is 1. The first-order valence-electron chi connectivity index (χ1n) is 12.6. The van der Waals surface area contributed by atoms with Gasteiger partial charge in [0.05, 0.1) is 19.9 Å². The summed E-state index contributed by atoms with van der Waals surface area (Å²) in [5.41, 5.74) is 0.468. The summed E-state index contributed by atoms with van der Waals surface area (Å²) in [5, 5.41) is 15.5. The molecule has 1 saturated carbocycles. The number of ether oxygens (including phenoxy) is 2. The van der Waals surface area contributed by atoms with Crippen LogP contribution in [-0.4, -0.2) is 58.3 Å². The van der Waals surface area contributed by atoms with Gasteiger partial charge in [-0.3, -0.25) is 14.5 Å². The maximum atomic E-state index is 13.9. The topological polar surface area (TPSA) is 125 Å². The van der Waals surface area contributed by atoms with Gasteiger partial charge in [0.2, 0.25) is 11.7 Å². The summed E-state index contributed by atoms with van der Waals surface area (Å²) in [6.45, 7) is 3.58. The maximum Gasteiger partial charge on any atom is 0.251 e. The quantitative estimate of drug-likeness (QED) is 0.415. The fourth-order valence-electron chi connectivity index (χ4n) is 4.64. The van der Waals surface area contributed by atoms with E-state index in [1.54, 1.807) is 37.4 Å². The van der Waals surface area contributed by atoms with Crippen molar-refractivity contribution in [3.8, 4) is 23.1 Å². The number of anilines is 1. The molecular weight excluding hydrogens is 476 g/mol. The summed E-state index contributed by atoms with van der Waals surface area (Å²) in [4.78, 5) is 30.1. The molecule has 2 aromatic heterocycles. The zero-order valence-corrected chi connectivity index (χ0v) is 21.8. The third kappa shape index (κ3) is 6.10. The van der Waals surface area contributed by atoms with Gasteiger partial charge in [0, 0.05) is 12.1 Å². The zero-order valence-electron chi connectivity index (χ0n) is 21.8. The zero-order chi connectivity index (χ0) is 26.4. The van der Waals surface area contributed by atoms with Gasteiger partial charge in [-0.1, -0.05) is 26.2 Å². The molecule has 2 heterocycles. The lowest BCUT2D eigenvalue weighted by atomic mass is 10.1. The van der Waals surface area contributed by atoms with Crippen molar-refractivity contribution in [2.75, 3.05) is 19.1 Å². The van der Waals surface area contributed by atoms with Crippen LogP contribution in [0.1, 0.15) is 51.2 Å². The Bertz CT molecular complexity index is 1220. The number of carbonyl (C=O) groups is 2. The number of furan rings is 1. The number of nitrogens with zero attached hydrogens (tertiary/aromatic N) is 5. The number of tetrazole rings is 1. The Morgan fingerprint density at radius 2 is 1.97 bits per heavy atom. The minimum Gasteiger partial charge on any atom is -0.497 e. The Morgan fingerprint density at radius 1 is 1.19 bits per heavy atom. The largest absolute Gasteiger partial charge is 0.497 e. The van der Waals surface area contributed by atoms with Crippen LogP contribution in [0.15, 0.2) is 34.7 Å². The molecule has 11 nitrogen and oxygen atoms in total. The van der Waals surface area contributed by atoms with Crippen LogP contribution in [0.2, 0.25) is 0 Å². The molecule has 1 aromatic carbocycles. The molecule has 2 amide bonds. The molecule has 1 atom stereocenters. The highest BCUT2D eigenvalue weighted by Gasteiger charge is 2.34. The maximum absolute atomic E-state index is 13.9. The first kappa shape index (κ1) is 26.2. The lowest BCUT2D eigenvalue weighted by Crippen LogP contribution is -2.52. The van der Waals surface area contributed by atoms with Gasteiger partial charge in [-0.25, -0.2) is 0 Å². The summed E-state index contributed by atoms with van der Waals surface area (Å²) in [5.74, 6) is 1.90. The molecule has 0 spiro atoms.